The molecule has 0 bridgehead atoms. The van der Waals surface area contributed by atoms with Crippen LogP contribution in [0, 0.1) is 0 Å². The van der Waals surface area contributed by atoms with Gasteiger partial charge in [-0.2, -0.15) is 0 Å². The van der Waals surface area contributed by atoms with Crippen molar-refractivity contribution in [1.29, 1.82) is 0 Å². The molecule has 5 nitrogen and oxygen atoms in total. The maximum absolute atomic E-state index is 12.4. The first-order valence-electron chi connectivity index (χ1n) is 9.57. The van der Waals surface area contributed by atoms with E-state index >= 15 is 0 Å². The predicted octanol–water partition coefficient (Wildman–Crippen LogP) is 3.63. The maximum Gasteiger partial charge on any atom is 0.317 e. The van der Waals surface area contributed by atoms with Gasteiger partial charge in [-0.3, -0.25) is 4.90 Å². The topological polar surface area (TPSA) is 44.8 Å². The zero-order chi connectivity index (χ0) is 19.1. The summed E-state index contributed by atoms with van der Waals surface area (Å²) in [6.45, 7) is 4.46. The van der Waals surface area contributed by atoms with E-state index in [1.54, 1.807) is 19.1 Å². The summed E-state index contributed by atoms with van der Waals surface area (Å²) in [6, 6.07) is 16.2. The molecule has 1 saturated heterocycles. The van der Waals surface area contributed by atoms with Crippen LogP contribution in [0.2, 0.25) is 0 Å². The third-order valence-corrected chi connectivity index (χ3v) is 5.02. The van der Waals surface area contributed by atoms with E-state index in [0.29, 0.717) is 13.1 Å². The van der Waals surface area contributed by atoms with Gasteiger partial charge in [0.2, 0.25) is 0 Å². The van der Waals surface area contributed by atoms with Gasteiger partial charge in [0.05, 0.1) is 13.7 Å². The van der Waals surface area contributed by atoms with Gasteiger partial charge in [-0.1, -0.05) is 42.5 Å². The van der Waals surface area contributed by atoms with Crippen LogP contribution in [0.15, 0.2) is 48.5 Å². The number of rotatable bonds is 7. The number of benzene rings is 2. The highest BCUT2D eigenvalue weighted by Crippen LogP contribution is 2.18. The second kappa shape index (κ2) is 9.42. The van der Waals surface area contributed by atoms with E-state index in [4.69, 9.17) is 4.74 Å². The summed E-state index contributed by atoms with van der Waals surface area (Å²) in [4.78, 5) is 16.5. The molecular weight excluding hydrogens is 338 g/mol. The number of nitrogens with zero attached hydrogens (tertiary/aromatic N) is 2. The van der Waals surface area contributed by atoms with Crippen LogP contribution < -0.4 is 10.1 Å². The van der Waals surface area contributed by atoms with E-state index in [0.717, 1.165) is 23.4 Å². The van der Waals surface area contributed by atoms with Crippen LogP contribution in [-0.2, 0) is 19.6 Å². The standard InChI is InChI=1S/C22H29N3O2/c1-24(17-20-7-3-4-8-21(20)27-2)22(26)23-15-18-9-11-19(12-10-18)16-25-13-5-6-14-25/h3-4,7-12H,5-6,13-17H2,1-2H3,(H,23,26). The first-order valence-corrected chi connectivity index (χ1v) is 9.57. The second-order valence-electron chi connectivity index (χ2n) is 7.13. The van der Waals surface area contributed by atoms with Gasteiger partial charge in [-0.05, 0) is 43.1 Å². The number of hydrogen-bond donors (Lipinski definition) is 1. The minimum Gasteiger partial charge on any atom is -0.496 e. The molecule has 0 unspecified atom stereocenters. The van der Waals surface area contributed by atoms with Gasteiger partial charge in [-0.25, -0.2) is 4.79 Å². The van der Waals surface area contributed by atoms with Gasteiger partial charge < -0.3 is 15.0 Å². The fourth-order valence-corrected chi connectivity index (χ4v) is 3.44. The van der Waals surface area contributed by atoms with Crippen LogP contribution in [-0.4, -0.2) is 43.1 Å². The van der Waals surface area contributed by atoms with Crippen molar-refractivity contribution in [2.24, 2.45) is 0 Å². The molecule has 0 aliphatic carbocycles. The molecule has 1 aliphatic heterocycles. The Morgan fingerprint density at radius 2 is 1.74 bits per heavy atom. The number of para-hydroxylation sites is 1. The Morgan fingerprint density at radius 1 is 1.07 bits per heavy atom. The predicted molar refractivity (Wildman–Crippen MR) is 108 cm³/mol. The van der Waals surface area contributed by atoms with Gasteiger partial charge in [0.15, 0.2) is 0 Å². The Bertz CT molecular complexity index is 739. The van der Waals surface area contributed by atoms with Gasteiger partial charge in [0.1, 0.15) is 5.75 Å². The molecule has 0 atom stereocenters. The minimum atomic E-state index is -0.0953. The molecule has 0 aromatic heterocycles. The van der Waals surface area contributed by atoms with Crippen molar-refractivity contribution in [3.8, 4) is 5.75 Å². The first-order chi connectivity index (χ1) is 13.2. The third kappa shape index (κ3) is 5.47. The van der Waals surface area contributed by atoms with E-state index in [-0.39, 0.29) is 6.03 Å². The maximum atomic E-state index is 12.4. The summed E-state index contributed by atoms with van der Waals surface area (Å²) in [5.74, 6) is 0.797. The molecule has 1 heterocycles. The number of amides is 2. The summed E-state index contributed by atoms with van der Waals surface area (Å²) in [5.41, 5.74) is 3.43. The normalized spacial score (nSPS) is 14.1. The molecular formula is C22H29N3O2. The van der Waals surface area contributed by atoms with Crippen LogP contribution in [0.5, 0.6) is 5.75 Å². The molecule has 144 valence electrons. The van der Waals surface area contributed by atoms with E-state index in [9.17, 15) is 4.79 Å². The Labute approximate surface area is 161 Å². The molecule has 0 radical (unpaired) electrons. The van der Waals surface area contributed by atoms with Crippen molar-refractivity contribution in [1.82, 2.24) is 15.1 Å². The zero-order valence-electron chi connectivity index (χ0n) is 16.3. The molecule has 27 heavy (non-hydrogen) atoms. The Hall–Kier alpha value is -2.53. The molecule has 0 saturated carbocycles. The molecule has 0 spiro atoms. The monoisotopic (exact) mass is 367 g/mol. The van der Waals surface area contributed by atoms with Crippen molar-refractivity contribution < 1.29 is 9.53 Å². The number of likely N-dealkylation sites (tertiary alicyclic amines) is 1. The van der Waals surface area contributed by atoms with Crippen molar-refractivity contribution >= 4 is 6.03 Å². The van der Waals surface area contributed by atoms with Crippen molar-refractivity contribution in [3.63, 3.8) is 0 Å². The van der Waals surface area contributed by atoms with Gasteiger partial charge in [0.25, 0.3) is 0 Å². The summed E-state index contributed by atoms with van der Waals surface area (Å²) < 4.78 is 5.35. The summed E-state index contributed by atoms with van der Waals surface area (Å²) in [6.07, 6.45) is 2.62. The Morgan fingerprint density at radius 3 is 2.44 bits per heavy atom. The van der Waals surface area contributed by atoms with E-state index in [1.165, 1.54) is 31.5 Å². The average molecular weight is 367 g/mol. The van der Waals surface area contributed by atoms with Gasteiger partial charge >= 0.3 is 6.03 Å². The number of hydrogen-bond acceptors (Lipinski definition) is 3. The molecule has 1 fully saturated rings. The second-order valence-corrected chi connectivity index (χ2v) is 7.13. The highest BCUT2D eigenvalue weighted by Gasteiger charge is 2.13. The Kier molecular flexibility index (Phi) is 6.71. The Balaban J connectivity index is 1.47. The van der Waals surface area contributed by atoms with Crippen LogP contribution in [0.4, 0.5) is 4.79 Å². The number of ether oxygens (including phenoxy) is 1. The largest absolute Gasteiger partial charge is 0.496 e. The number of urea groups is 1. The number of carbonyl (C=O) groups excluding carboxylic acids is 1. The SMILES string of the molecule is COc1ccccc1CN(C)C(=O)NCc1ccc(CN2CCCC2)cc1. The molecule has 2 aromatic rings. The highest BCUT2D eigenvalue weighted by molar-refractivity contribution is 5.73. The van der Waals surface area contributed by atoms with Crippen molar-refractivity contribution in [2.45, 2.75) is 32.5 Å². The lowest BCUT2D eigenvalue weighted by Crippen LogP contribution is -2.36. The number of methoxy groups -OCH3 is 1. The fraction of sp³-hybridized carbons (Fsp3) is 0.409. The van der Waals surface area contributed by atoms with Crippen molar-refractivity contribution in [2.75, 3.05) is 27.2 Å². The lowest BCUT2D eigenvalue weighted by molar-refractivity contribution is 0.206. The van der Waals surface area contributed by atoms with Crippen LogP contribution in [0.3, 0.4) is 0 Å². The zero-order valence-corrected chi connectivity index (χ0v) is 16.3. The first kappa shape index (κ1) is 19.2. The number of carbonyl (C=O) groups is 1. The van der Waals surface area contributed by atoms with Crippen LogP contribution in [0.1, 0.15) is 29.5 Å². The van der Waals surface area contributed by atoms with Crippen LogP contribution in [0.25, 0.3) is 0 Å². The highest BCUT2D eigenvalue weighted by atomic mass is 16.5. The summed E-state index contributed by atoms with van der Waals surface area (Å²) in [7, 11) is 3.44. The average Bonchev–Trinajstić information content (AvgIpc) is 3.20. The van der Waals surface area contributed by atoms with E-state index in [2.05, 4.69) is 34.5 Å². The van der Waals surface area contributed by atoms with Crippen molar-refractivity contribution in [3.05, 3.63) is 65.2 Å². The van der Waals surface area contributed by atoms with Gasteiger partial charge in [-0.15, -0.1) is 0 Å². The lowest BCUT2D eigenvalue weighted by atomic mass is 10.1. The smallest absolute Gasteiger partial charge is 0.317 e. The molecule has 1 aliphatic rings. The van der Waals surface area contributed by atoms with E-state index < -0.39 is 0 Å². The lowest BCUT2D eigenvalue weighted by Gasteiger charge is -2.19. The fourth-order valence-electron chi connectivity index (χ4n) is 3.44. The summed E-state index contributed by atoms with van der Waals surface area (Å²) in [5, 5.41) is 2.98. The van der Waals surface area contributed by atoms with E-state index in [1.807, 2.05) is 24.3 Å². The molecule has 3 rings (SSSR count). The quantitative estimate of drug-likeness (QED) is 0.813. The van der Waals surface area contributed by atoms with Gasteiger partial charge in [0, 0.05) is 25.7 Å². The minimum absolute atomic E-state index is 0.0953. The molecule has 5 heteroatoms. The molecule has 2 aromatic carbocycles. The molecule has 1 N–H and O–H groups in total. The summed E-state index contributed by atoms with van der Waals surface area (Å²) >= 11 is 0. The number of nitrogens with one attached hydrogen (secondary N) is 1. The molecule has 2 amide bonds. The third-order valence-electron chi connectivity index (χ3n) is 5.02. The van der Waals surface area contributed by atoms with Crippen LogP contribution >= 0.6 is 0 Å².